The summed E-state index contributed by atoms with van der Waals surface area (Å²) >= 11 is 0. The summed E-state index contributed by atoms with van der Waals surface area (Å²) in [5.41, 5.74) is 4.26. The Morgan fingerprint density at radius 3 is 2.60 bits per heavy atom. The van der Waals surface area contributed by atoms with Crippen molar-refractivity contribution in [3.8, 4) is 34.1 Å². The molecule has 1 aromatic carbocycles. The lowest BCUT2D eigenvalue weighted by Gasteiger charge is -2.11. The summed E-state index contributed by atoms with van der Waals surface area (Å²) in [6.45, 7) is 2.37. The fourth-order valence-corrected chi connectivity index (χ4v) is 3.10. The minimum atomic E-state index is -0.521. The summed E-state index contributed by atoms with van der Waals surface area (Å²) in [5.74, 6) is 1.50. The third-order valence-electron chi connectivity index (χ3n) is 4.69. The maximum absolute atomic E-state index is 13.1. The second-order valence-electron chi connectivity index (χ2n) is 6.89. The molecule has 0 aliphatic heterocycles. The Morgan fingerprint density at radius 2 is 1.90 bits per heavy atom. The van der Waals surface area contributed by atoms with Crippen LogP contribution in [0.2, 0.25) is 0 Å². The van der Waals surface area contributed by atoms with E-state index >= 15 is 0 Å². The van der Waals surface area contributed by atoms with E-state index in [2.05, 4.69) is 9.97 Å². The number of aryl methyl sites for hydroxylation is 2. The lowest BCUT2D eigenvalue weighted by atomic mass is 10.1. The lowest BCUT2D eigenvalue weighted by molar-refractivity contribution is 0.303. The standard InChI is InChI=1S/C23H21FN4O2/c1-15-4-5-16(11-25-15)14-30-18-7-8-19(21(10-18)29-3)20-13-28(2)23(27-20)17-6-9-22(24)26-12-17/h4-13H,14H2,1-3H3. The van der Waals surface area contributed by atoms with Crippen LogP contribution in [0.1, 0.15) is 11.3 Å². The molecule has 0 bridgehead atoms. The quantitative estimate of drug-likeness (QED) is 0.440. The maximum Gasteiger partial charge on any atom is 0.212 e. The van der Waals surface area contributed by atoms with Crippen LogP contribution in [0.5, 0.6) is 11.5 Å². The largest absolute Gasteiger partial charge is 0.496 e. The van der Waals surface area contributed by atoms with E-state index in [1.807, 2.05) is 55.1 Å². The summed E-state index contributed by atoms with van der Waals surface area (Å²) < 4.78 is 26.5. The number of nitrogens with zero attached hydrogens (tertiary/aromatic N) is 4. The van der Waals surface area contributed by atoms with Gasteiger partial charge in [-0.2, -0.15) is 4.39 Å². The Bertz CT molecular complexity index is 1160. The van der Waals surface area contributed by atoms with E-state index in [1.165, 1.54) is 12.3 Å². The molecule has 0 aliphatic rings. The van der Waals surface area contributed by atoms with Crippen molar-refractivity contribution in [1.29, 1.82) is 0 Å². The number of ether oxygens (including phenoxy) is 2. The Kier molecular flexibility index (Phi) is 5.43. The molecule has 4 aromatic rings. The highest BCUT2D eigenvalue weighted by Crippen LogP contribution is 2.34. The molecular weight excluding hydrogens is 383 g/mol. The lowest BCUT2D eigenvalue weighted by Crippen LogP contribution is -1.97. The minimum Gasteiger partial charge on any atom is -0.496 e. The number of benzene rings is 1. The van der Waals surface area contributed by atoms with Crippen molar-refractivity contribution >= 4 is 0 Å². The van der Waals surface area contributed by atoms with Crippen LogP contribution in [-0.2, 0) is 13.7 Å². The normalized spacial score (nSPS) is 10.8. The highest BCUT2D eigenvalue weighted by atomic mass is 19.1. The van der Waals surface area contributed by atoms with Gasteiger partial charge in [0.1, 0.15) is 23.9 Å². The second-order valence-corrected chi connectivity index (χ2v) is 6.89. The summed E-state index contributed by atoms with van der Waals surface area (Å²) in [4.78, 5) is 12.7. The van der Waals surface area contributed by atoms with Crippen molar-refractivity contribution in [3.63, 3.8) is 0 Å². The van der Waals surface area contributed by atoms with Crippen molar-refractivity contribution in [2.45, 2.75) is 13.5 Å². The van der Waals surface area contributed by atoms with Crippen molar-refractivity contribution in [2.24, 2.45) is 7.05 Å². The van der Waals surface area contributed by atoms with Gasteiger partial charge in [-0.25, -0.2) is 9.97 Å². The Balaban J connectivity index is 1.58. The van der Waals surface area contributed by atoms with Crippen LogP contribution in [0.25, 0.3) is 22.6 Å². The van der Waals surface area contributed by atoms with Gasteiger partial charge in [0, 0.05) is 54.1 Å². The zero-order chi connectivity index (χ0) is 21.1. The number of halogens is 1. The topological polar surface area (TPSA) is 62.1 Å². The van der Waals surface area contributed by atoms with E-state index < -0.39 is 5.95 Å². The number of imidazole rings is 1. The third kappa shape index (κ3) is 4.15. The monoisotopic (exact) mass is 404 g/mol. The molecule has 0 fully saturated rings. The molecule has 7 heteroatoms. The number of aromatic nitrogens is 4. The van der Waals surface area contributed by atoms with E-state index in [4.69, 9.17) is 14.5 Å². The van der Waals surface area contributed by atoms with E-state index in [0.717, 1.165) is 28.1 Å². The third-order valence-corrected chi connectivity index (χ3v) is 4.69. The maximum atomic E-state index is 13.1. The number of hydrogen-bond donors (Lipinski definition) is 0. The van der Waals surface area contributed by atoms with Gasteiger partial charge in [-0.3, -0.25) is 4.98 Å². The van der Waals surface area contributed by atoms with Crippen LogP contribution in [0, 0.1) is 12.9 Å². The summed E-state index contributed by atoms with van der Waals surface area (Å²) in [7, 11) is 3.50. The highest BCUT2D eigenvalue weighted by Gasteiger charge is 2.14. The van der Waals surface area contributed by atoms with Crippen LogP contribution in [0.4, 0.5) is 4.39 Å². The first-order chi connectivity index (χ1) is 14.5. The van der Waals surface area contributed by atoms with Gasteiger partial charge in [0.15, 0.2) is 0 Å². The van der Waals surface area contributed by atoms with Crippen molar-refractivity contribution in [2.75, 3.05) is 7.11 Å². The first-order valence-corrected chi connectivity index (χ1v) is 9.41. The average Bonchev–Trinajstić information content (AvgIpc) is 3.15. The predicted molar refractivity (Wildman–Crippen MR) is 112 cm³/mol. The van der Waals surface area contributed by atoms with Gasteiger partial charge in [0.2, 0.25) is 5.95 Å². The van der Waals surface area contributed by atoms with Crippen LogP contribution in [0.15, 0.2) is 61.1 Å². The Morgan fingerprint density at radius 1 is 1.03 bits per heavy atom. The van der Waals surface area contributed by atoms with Crippen LogP contribution < -0.4 is 9.47 Å². The summed E-state index contributed by atoms with van der Waals surface area (Å²) in [5, 5.41) is 0. The molecule has 0 radical (unpaired) electrons. The van der Waals surface area contributed by atoms with Gasteiger partial charge >= 0.3 is 0 Å². The molecule has 0 atom stereocenters. The Hall–Kier alpha value is -3.74. The molecule has 4 rings (SSSR count). The highest BCUT2D eigenvalue weighted by molar-refractivity contribution is 5.71. The first-order valence-electron chi connectivity index (χ1n) is 9.41. The minimum absolute atomic E-state index is 0.418. The molecule has 30 heavy (non-hydrogen) atoms. The molecule has 0 aliphatic carbocycles. The van der Waals surface area contributed by atoms with Gasteiger partial charge < -0.3 is 14.0 Å². The summed E-state index contributed by atoms with van der Waals surface area (Å²) in [6.07, 6.45) is 5.17. The predicted octanol–water partition coefficient (Wildman–Crippen LogP) is 4.58. The van der Waals surface area contributed by atoms with Crippen molar-refractivity contribution < 1.29 is 13.9 Å². The van der Waals surface area contributed by atoms with Crippen LogP contribution >= 0.6 is 0 Å². The van der Waals surface area contributed by atoms with Crippen molar-refractivity contribution in [1.82, 2.24) is 19.5 Å². The molecule has 3 aromatic heterocycles. The van der Waals surface area contributed by atoms with E-state index in [9.17, 15) is 4.39 Å². The average molecular weight is 404 g/mol. The van der Waals surface area contributed by atoms with Gasteiger partial charge in [-0.1, -0.05) is 6.07 Å². The SMILES string of the molecule is COc1cc(OCc2ccc(C)nc2)ccc1-c1cn(C)c(-c2ccc(F)nc2)n1. The number of rotatable bonds is 6. The molecule has 0 saturated carbocycles. The zero-order valence-corrected chi connectivity index (χ0v) is 17.0. The molecule has 152 valence electrons. The molecule has 0 unspecified atom stereocenters. The fourth-order valence-electron chi connectivity index (χ4n) is 3.10. The van der Waals surface area contributed by atoms with Crippen molar-refractivity contribution in [3.05, 3.63) is 78.3 Å². The van der Waals surface area contributed by atoms with Gasteiger partial charge in [-0.15, -0.1) is 0 Å². The van der Waals surface area contributed by atoms with E-state index in [-0.39, 0.29) is 0 Å². The number of methoxy groups -OCH3 is 1. The molecular formula is C23H21FN4O2. The molecule has 0 N–H and O–H groups in total. The molecule has 6 nitrogen and oxygen atoms in total. The molecule has 0 amide bonds. The van der Waals surface area contributed by atoms with Gasteiger partial charge in [-0.05, 0) is 37.3 Å². The molecule has 0 saturated heterocycles. The summed E-state index contributed by atoms with van der Waals surface area (Å²) in [6, 6.07) is 12.6. The molecule has 3 heterocycles. The number of hydrogen-bond acceptors (Lipinski definition) is 5. The molecule has 0 spiro atoms. The van der Waals surface area contributed by atoms with Crippen LogP contribution in [-0.4, -0.2) is 26.6 Å². The Labute approximate surface area is 174 Å². The second kappa shape index (κ2) is 8.32. The van der Waals surface area contributed by atoms with Gasteiger partial charge in [0.05, 0.1) is 12.8 Å². The smallest absolute Gasteiger partial charge is 0.212 e. The van der Waals surface area contributed by atoms with E-state index in [1.54, 1.807) is 19.4 Å². The van der Waals surface area contributed by atoms with Gasteiger partial charge in [0.25, 0.3) is 0 Å². The number of pyridine rings is 2. The van der Waals surface area contributed by atoms with E-state index in [0.29, 0.717) is 23.9 Å². The first kappa shape index (κ1) is 19.6. The zero-order valence-electron chi connectivity index (χ0n) is 17.0. The fraction of sp³-hybridized carbons (Fsp3) is 0.174. The van der Waals surface area contributed by atoms with Crippen LogP contribution in [0.3, 0.4) is 0 Å².